The van der Waals surface area contributed by atoms with Crippen LogP contribution in [0.1, 0.15) is 106 Å². The van der Waals surface area contributed by atoms with Crippen LogP contribution in [0.2, 0.25) is 0 Å². The molecule has 0 amide bonds. The van der Waals surface area contributed by atoms with Gasteiger partial charge in [0.25, 0.3) is 0 Å². The number of fused-ring (bicyclic) bond motifs is 6. The van der Waals surface area contributed by atoms with E-state index in [-0.39, 0.29) is 5.41 Å². The molecule has 6 fully saturated rings. The van der Waals surface area contributed by atoms with Crippen LogP contribution in [-0.2, 0) is 10.8 Å². The normalized spacial score (nSPS) is 29.1. The number of anilines is 3. The van der Waals surface area contributed by atoms with Crippen LogP contribution in [0, 0.1) is 29.6 Å². The van der Waals surface area contributed by atoms with E-state index in [1.165, 1.54) is 125 Å². The van der Waals surface area contributed by atoms with Crippen molar-refractivity contribution < 1.29 is 0 Å². The van der Waals surface area contributed by atoms with Crippen molar-refractivity contribution in [2.45, 2.75) is 94.8 Å². The Bertz CT molecular complexity index is 2430. The number of nitrogens with zero attached hydrogens (tertiary/aromatic N) is 1. The van der Waals surface area contributed by atoms with Gasteiger partial charge in [0.1, 0.15) is 0 Å². The molecule has 3 unspecified atom stereocenters. The van der Waals surface area contributed by atoms with Crippen LogP contribution < -0.4 is 4.90 Å². The first kappa shape index (κ1) is 32.6. The maximum atomic E-state index is 2.61. The SMILES string of the molecule is CC1(C)c2ccccc2-c2cc(-c3ccc4ccccc4c3)c(N(c3ccc(C4CC5CCC4C5)cc3)c3ccc(C45CC6CC(CC(C6)C4)C5)cc3)cc21. The van der Waals surface area contributed by atoms with Crippen molar-refractivity contribution in [3.8, 4) is 22.3 Å². The second-order valence-corrected chi connectivity index (χ2v) is 19.6. The largest absolute Gasteiger partial charge is 0.310 e. The molecule has 0 saturated heterocycles. The van der Waals surface area contributed by atoms with Crippen molar-refractivity contribution in [3.63, 3.8) is 0 Å². The molecule has 1 heteroatoms. The lowest BCUT2D eigenvalue weighted by Gasteiger charge is -2.57. The van der Waals surface area contributed by atoms with E-state index in [4.69, 9.17) is 0 Å². The summed E-state index contributed by atoms with van der Waals surface area (Å²) in [4.78, 5) is 2.61. The van der Waals surface area contributed by atoms with Crippen molar-refractivity contribution in [2.75, 3.05) is 4.90 Å². The lowest BCUT2D eigenvalue weighted by molar-refractivity contribution is -0.00518. The molecule has 13 rings (SSSR count). The summed E-state index contributed by atoms with van der Waals surface area (Å²) in [6, 6.07) is 50.0. The van der Waals surface area contributed by atoms with Crippen LogP contribution in [-0.4, -0.2) is 0 Å². The molecular formula is C54H53N. The molecule has 1 nitrogen and oxygen atoms in total. The molecule has 0 heterocycles. The van der Waals surface area contributed by atoms with Gasteiger partial charge in [0.2, 0.25) is 0 Å². The maximum Gasteiger partial charge on any atom is 0.0543 e. The Morgan fingerprint density at radius 1 is 0.509 bits per heavy atom. The molecule has 3 atom stereocenters. The Labute approximate surface area is 327 Å². The summed E-state index contributed by atoms with van der Waals surface area (Å²) >= 11 is 0. The highest BCUT2D eigenvalue weighted by Gasteiger charge is 2.51. The smallest absolute Gasteiger partial charge is 0.0543 e. The van der Waals surface area contributed by atoms with E-state index in [2.05, 4.69) is 146 Å². The van der Waals surface area contributed by atoms with E-state index in [9.17, 15) is 0 Å². The quantitative estimate of drug-likeness (QED) is 0.166. The summed E-state index contributed by atoms with van der Waals surface area (Å²) in [5.74, 6) is 5.39. The first-order valence-electron chi connectivity index (χ1n) is 21.7. The third-order valence-corrected chi connectivity index (χ3v) is 16.1. The first-order valence-corrected chi connectivity index (χ1v) is 21.7. The Morgan fingerprint density at radius 2 is 1.18 bits per heavy atom. The molecule has 0 aromatic heterocycles. The van der Waals surface area contributed by atoms with Crippen LogP contribution in [0.25, 0.3) is 33.0 Å². The van der Waals surface area contributed by atoms with Crippen molar-refractivity contribution in [1.82, 2.24) is 0 Å². The van der Waals surface area contributed by atoms with Gasteiger partial charge in [0.05, 0.1) is 5.69 Å². The number of benzene rings is 6. The minimum atomic E-state index is -0.0950. The molecule has 274 valence electrons. The molecule has 6 bridgehead atoms. The summed E-state index contributed by atoms with van der Waals surface area (Å²) in [5, 5.41) is 2.57. The number of rotatable bonds is 6. The van der Waals surface area contributed by atoms with Gasteiger partial charge >= 0.3 is 0 Å². The third kappa shape index (κ3) is 5.03. The first-order chi connectivity index (χ1) is 26.9. The van der Waals surface area contributed by atoms with E-state index < -0.39 is 0 Å². The Kier molecular flexibility index (Phi) is 7.08. The topological polar surface area (TPSA) is 3.24 Å². The van der Waals surface area contributed by atoms with Gasteiger partial charge < -0.3 is 4.90 Å². The standard InChI is InChI=1S/C54H53N/c1-53(2)50-10-6-5-9-46(50)49-29-48(42-14-13-38-7-3-4-8-40(38)28-42)52(30-51(49)53)55(44-19-15-39(16-20-44)47-27-34-11-12-41(47)26-34)45-21-17-43(18-22-45)54-31-35-23-36(32-54)25-37(24-35)33-54/h3-10,13-22,28-30,34-37,41,47H,11-12,23-27,31-33H2,1-2H3. The average molecular weight is 716 g/mol. The van der Waals surface area contributed by atoms with Crippen molar-refractivity contribution in [1.29, 1.82) is 0 Å². The Morgan fingerprint density at radius 3 is 1.87 bits per heavy atom. The minimum absolute atomic E-state index is 0.0950. The molecule has 0 spiro atoms. The zero-order valence-corrected chi connectivity index (χ0v) is 32.6. The molecule has 0 N–H and O–H groups in total. The van der Waals surface area contributed by atoms with Gasteiger partial charge in [-0.25, -0.2) is 0 Å². The fraction of sp³-hybridized carbons (Fsp3) is 0.370. The summed E-state index contributed by atoms with van der Waals surface area (Å²) in [7, 11) is 0. The van der Waals surface area contributed by atoms with Gasteiger partial charge in [-0.2, -0.15) is 0 Å². The van der Waals surface area contributed by atoms with Gasteiger partial charge in [-0.05, 0) is 191 Å². The lowest BCUT2D eigenvalue weighted by atomic mass is 9.48. The third-order valence-electron chi connectivity index (χ3n) is 16.1. The van der Waals surface area contributed by atoms with Gasteiger partial charge in [0.15, 0.2) is 0 Å². The molecule has 7 aliphatic rings. The van der Waals surface area contributed by atoms with Crippen LogP contribution in [0.3, 0.4) is 0 Å². The van der Waals surface area contributed by atoms with Crippen LogP contribution in [0.5, 0.6) is 0 Å². The van der Waals surface area contributed by atoms with Crippen LogP contribution in [0.15, 0.2) is 127 Å². The predicted octanol–water partition coefficient (Wildman–Crippen LogP) is 14.7. The highest BCUT2D eigenvalue weighted by molar-refractivity contribution is 5.97. The molecule has 0 radical (unpaired) electrons. The zero-order valence-electron chi connectivity index (χ0n) is 32.6. The highest BCUT2D eigenvalue weighted by Crippen LogP contribution is 2.61. The molecule has 0 aliphatic heterocycles. The van der Waals surface area contributed by atoms with E-state index in [0.717, 1.165) is 35.5 Å². The van der Waals surface area contributed by atoms with E-state index in [0.29, 0.717) is 5.41 Å². The van der Waals surface area contributed by atoms with Crippen LogP contribution in [0.4, 0.5) is 17.1 Å². The molecule has 6 saturated carbocycles. The summed E-state index contributed by atoms with van der Waals surface area (Å²) in [5.41, 5.74) is 15.4. The lowest BCUT2D eigenvalue weighted by Crippen LogP contribution is -2.48. The summed E-state index contributed by atoms with van der Waals surface area (Å²) < 4.78 is 0. The second-order valence-electron chi connectivity index (χ2n) is 19.6. The van der Waals surface area contributed by atoms with E-state index in [1.807, 2.05) is 0 Å². The van der Waals surface area contributed by atoms with Crippen molar-refractivity contribution in [3.05, 3.63) is 150 Å². The van der Waals surface area contributed by atoms with Crippen LogP contribution >= 0.6 is 0 Å². The number of hydrogen-bond acceptors (Lipinski definition) is 1. The molecule has 6 aromatic carbocycles. The summed E-state index contributed by atoms with van der Waals surface area (Å²) in [6.07, 6.45) is 14.4. The summed E-state index contributed by atoms with van der Waals surface area (Å²) in [6.45, 7) is 4.84. The zero-order chi connectivity index (χ0) is 36.5. The molecule has 55 heavy (non-hydrogen) atoms. The molecule has 7 aliphatic carbocycles. The van der Waals surface area contributed by atoms with Crippen molar-refractivity contribution in [2.24, 2.45) is 29.6 Å². The molecular weight excluding hydrogens is 663 g/mol. The predicted molar refractivity (Wildman–Crippen MR) is 230 cm³/mol. The minimum Gasteiger partial charge on any atom is -0.310 e. The van der Waals surface area contributed by atoms with Gasteiger partial charge in [0, 0.05) is 22.4 Å². The highest BCUT2D eigenvalue weighted by atomic mass is 15.1. The van der Waals surface area contributed by atoms with Gasteiger partial charge in [-0.15, -0.1) is 0 Å². The fourth-order valence-corrected chi connectivity index (χ4v) is 13.9. The fourth-order valence-electron chi connectivity index (χ4n) is 13.9. The monoisotopic (exact) mass is 715 g/mol. The second kappa shape index (κ2) is 11.9. The van der Waals surface area contributed by atoms with Gasteiger partial charge in [-0.3, -0.25) is 0 Å². The Balaban J connectivity index is 1.04. The Hall–Kier alpha value is -4.62. The van der Waals surface area contributed by atoms with E-state index >= 15 is 0 Å². The van der Waals surface area contributed by atoms with E-state index in [1.54, 1.807) is 11.1 Å². The maximum absolute atomic E-state index is 2.61. The number of hydrogen-bond donors (Lipinski definition) is 0. The average Bonchev–Trinajstić information content (AvgIpc) is 3.91. The van der Waals surface area contributed by atoms with Gasteiger partial charge in [-0.1, -0.05) is 105 Å². The van der Waals surface area contributed by atoms with Crippen molar-refractivity contribution >= 4 is 27.8 Å². The molecule has 6 aromatic rings.